The number of carbonyl (C=O) groups is 1. The van der Waals surface area contributed by atoms with E-state index in [1.807, 2.05) is 77.9 Å². The van der Waals surface area contributed by atoms with Gasteiger partial charge in [-0.2, -0.15) is 5.26 Å². The van der Waals surface area contributed by atoms with Crippen molar-refractivity contribution < 1.29 is 4.79 Å². The van der Waals surface area contributed by atoms with Gasteiger partial charge < -0.3 is 20.1 Å². The van der Waals surface area contributed by atoms with E-state index in [0.29, 0.717) is 40.4 Å². The number of nitrogens with zero attached hydrogens (tertiary/aromatic N) is 4. The zero-order valence-electron chi connectivity index (χ0n) is 22.8. The van der Waals surface area contributed by atoms with Crippen molar-refractivity contribution in [3.8, 4) is 6.07 Å². The smallest absolute Gasteiger partial charge is 0.226 e. The number of aromatic nitrogens is 2. The lowest BCUT2D eigenvalue weighted by Gasteiger charge is -2.35. The Balaban J connectivity index is 1.45. The van der Waals surface area contributed by atoms with Gasteiger partial charge in [-0.25, -0.2) is 4.98 Å². The van der Waals surface area contributed by atoms with Crippen LogP contribution in [0.3, 0.4) is 0 Å². The summed E-state index contributed by atoms with van der Waals surface area (Å²) in [7, 11) is 0. The molecule has 1 amide bonds. The van der Waals surface area contributed by atoms with E-state index in [4.69, 9.17) is 40.7 Å². The molecule has 0 unspecified atom stereocenters. The van der Waals surface area contributed by atoms with Crippen LogP contribution in [0.25, 0.3) is 0 Å². The van der Waals surface area contributed by atoms with Crippen molar-refractivity contribution in [2.45, 2.75) is 38.9 Å². The van der Waals surface area contributed by atoms with Gasteiger partial charge in [0.05, 0.1) is 40.0 Å². The number of rotatable bonds is 10. The zero-order valence-corrected chi connectivity index (χ0v) is 25.1. The Morgan fingerprint density at radius 3 is 2.51 bits per heavy atom. The first-order valence-electron chi connectivity index (χ1n) is 13.0. The van der Waals surface area contributed by atoms with Gasteiger partial charge >= 0.3 is 0 Å². The summed E-state index contributed by atoms with van der Waals surface area (Å²) in [5.74, 6) is -0.140. The highest BCUT2D eigenvalue weighted by atomic mass is 35.5. The fourth-order valence-electron chi connectivity index (χ4n) is 4.42. The number of nitrogens with one attached hydrogen (secondary N) is 2. The summed E-state index contributed by atoms with van der Waals surface area (Å²) >= 11 is 18.6. The first kappa shape index (κ1) is 30.1. The predicted molar refractivity (Wildman–Crippen MR) is 168 cm³/mol. The number of nitriles is 1. The minimum Gasteiger partial charge on any atom is -0.349 e. The van der Waals surface area contributed by atoms with Gasteiger partial charge in [0.1, 0.15) is 0 Å². The maximum Gasteiger partial charge on any atom is 0.226 e. The van der Waals surface area contributed by atoms with Crippen molar-refractivity contribution >= 4 is 52.1 Å². The summed E-state index contributed by atoms with van der Waals surface area (Å²) < 4.78 is 1.93. The maximum atomic E-state index is 13.2. The van der Waals surface area contributed by atoms with Gasteiger partial charge in [0.2, 0.25) is 5.91 Å². The number of halogens is 2. The number of imidazole rings is 1. The minimum atomic E-state index is -0.650. The van der Waals surface area contributed by atoms with Crippen molar-refractivity contribution in [1.82, 2.24) is 19.8 Å². The van der Waals surface area contributed by atoms with Crippen molar-refractivity contribution in [3.63, 3.8) is 0 Å². The van der Waals surface area contributed by atoms with Crippen molar-refractivity contribution in [3.05, 3.63) is 118 Å². The predicted octanol–water partition coefficient (Wildman–Crippen LogP) is 6.45. The van der Waals surface area contributed by atoms with Crippen LogP contribution in [-0.4, -0.2) is 37.6 Å². The number of hydrogen-bond donors (Lipinski definition) is 2. The second kappa shape index (κ2) is 13.6. The zero-order chi connectivity index (χ0) is 29.4. The molecule has 0 aliphatic rings. The van der Waals surface area contributed by atoms with Crippen molar-refractivity contribution in [2.24, 2.45) is 0 Å². The molecule has 0 saturated carbocycles. The Morgan fingerprint density at radius 2 is 1.80 bits per heavy atom. The van der Waals surface area contributed by atoms with E-state index < -0.39 is 5.54 Å². The lowest BCUT2D eigenvalue weighted by atomic mass is 10.0. The Hall–Kier alpha value is -3.90. The van der Waals surface area contributed by atoms with Gasteiger partial charge in [-0.05, 0) is 67.5 Å². The SMILES string of the molecule is CC(C)(CN(Cc1cccc(Cl)c1Cl)C(=S)Nc1ccccc1)NC(=O)Cc1cncn1Cc1ccc(C#N)cc1. The molecule has 3 aromatic carbocycles. The molecule has 1 aromatic heterocycles. The van der Waals surface area contributed by atoms with Crippen LogP contribution in [0, 0.1) is 11.3 Å². The molecule has 7 nitrogen and oxygen atoms in total. The molecule has 0 saturated heterocycles. The third-order valence-electron chi connectivity index (χ3n) is 6.35. The largest absolute Gasteiger partial charge is 0.349 e. The molecule has 210 valence electrons. The van der Waals surface area contributed by atoms with Crippen LogP contribution in [0.15, 0.2) is 85.3 Å². The molecule has 4 rings (SSSR count). The van der Waals surface area contributed by atoms with Crippen LogP contribution in [0.1, 0.15) is 36.2 Å². The molecule has 0 radical (unpaired) electrons. The third kappa shape index (κ3) is 8.54. The molecule has 0 aliphatic heterocycles. The third-order valence-corrected chi connectivity index (χ3v) is 7.56. The van der Waals surface area contributed by atoms with E-state index in [0.717, 1.165) is 22.5 Å². The molecule has 1 heterocycles. The first-order valence-corrected chi connectivity index (χ1v) is 14.1. The number of para-hydroxylation sites is 1. The lowest BCUT2D eigenvalue weighted by Crippen LogP contribution is -2.53. The normalized spacial score (nSPS) is 11.0. The number of anilines is 1. The molecule has 0 aliphatic carbocycles. The molecule has 10 heteroatoms. The molecule has 0 fully saturated rings. The average molecular weight is 606 g/mol. The van der Waals surface area contributed by atoms with Gasteiger partial charge in [-0.15, -0.1) is 0 Å². The summed E-state index contributed by atoms with van der Waals surface area (Å²) in [4.78, 5) is 19.4. The highest BCUT2D eigenvalue weighted by molar-refractivity contribution is 7.80. The molecular weight excluding hydrogens is 575 g/mol. The first-order chi connectivity index (χ1) is 19.6. The van der Waals surface area contributed by atoms with Crippen molar-refractivity contribution in [2.75, 3.05) is 11.9 Å². The average Bonchev–Trinajstić information content (AvgIpc) is 3.37. The molecule has 0 bridgehead atoms. The lowest BCUT2D eigenvalue weighted by molar-refractivity contribution is -0.122. The van der Waals surface area contributed by atoms with Gasteiger partial charge in [0.15, 0.2) is 5.11 Å². The second-order valence-corrected chi connectivity index (χ2v) is 11.5. The molecule has 4 aromatic rings. The summed E-state index contributed by atoms with van der Waals surface area (Å²) in [6, 6.07) is 24.7. The van der Waals surface area contributed by atoms with E-state index in [9.17, 15) is 4.79 Å². The van der Waals surface area contributed by atoms with Crippen LogP contribution in [0.5, 0.6) is 0 Å². The Morgan fingerprint density at radius 1 is 1.07 bits per heavy atom. The second-order valence-electron chi connectivity index (χ2n) is 10.3. The summed E-state index contributed by atoms with van der Waals surface area (Å²) in [5.41, 5.74) is 3.43. The molecular formula is C31H30Cl2N6OS. The van der Waals surface area contributed by atoms with Gasteiger partial charge in [-0.3, -0.25) is 4.79 Å². The quantitative estimate of drug-likeness (QED) is 0.202. The summed E-state index contributed by atoms with van der Waals surface area (Å²) in [5, 5.41) is 16.9. The van der Waals surface area contributed by atoms with Gasteiger partial charge in [-0.1, -0.05) is 65.7 Å². The summed E-state index contributed by atoms with van der Waals surface area (Å²) in [6.07, 6.45) is 3.56. The molecule has 41 heavy (non-hydrogen) atoms. The molecule has 0 spiro atoms. The Labute approximate surface area is 255 Å². The summed E-state index contributed by atoms with van der Waals surface area (Å²) in [6.45, 7) is 5.26. The van der Waals surface area contributed by atoms with E-state index in [1.54, 1.807) is 30.7 Å². The van der Waals surface area contributed by atoms with Crippen LogP contribution in [-0.2, 0) is 24.3 Å². The van der Waals surface area contributed by atoms with Crippen LogP contribution in [0.2, 0.25) is 10.0 Å². The standard InChI is InChI=1S/C31H30Cl2N6OS/c1-31(2,37-28(40)15-26-17-35-21-39(26)18-23-13-11-22(16-34)12-14-23)20-38(19-24-7-6-10-27(32)29(24)33)30(41)36-25-8-4-3-5-9-25/h3-14,17,21H,15,18-20H2,1-2H3,(H,36,41)(H,37,40). The Kier molecular flexibility index (Phi) is 10.0. The van der Waals surface area contributed by atoms with E-state index in [2.05, 4.69) is 21.7 Å². The highest BCUT2D eigenvalue weighted by Gasteiger charge is 2.27. The highest BCUT2D eigenvalue weighted by Crippen LogP contribution is 2.27. The van der Waals surface area contributed by atoms with Crippen LogP contribution >= 0.6 is 35.4 Å². The van der Waals surface area contributed by atoms with Crippen LogP contribution < -0.4 is 10.6 Å². The number of hydrogen-bond acceptors (Lipinski definition) is 4. The van der Waals surface area contributed by atoms with E-state index in [-0.39, 0.29) is 12.3 Å². The monoisotopic (exact) mass is 604 g/mol. The van der Waals surface area contributed by atoms with Gasteiger partial charge in [0.25, 0.3) is 0 Å². The Bertz CT molecular complexity index is 1550. The number of amides is 1. The molecule has 0 atom stereocenters. The van der Waals surface area contributed by atoms with E-state index in [1.165, 1.54) is 0 Å². The van der Waals surface area contributed by atoms with Crippen LogP contribution in [0.4, 0.5) is 5.69 Å². The molecule has 2 N–H and O–H groups in total. The van der Waals surface area contributed by atoms with Crippen molar-refractivity contribution in [1.29, 1.82) is 5.26 Å². The topological polar surface area (TPSA) is 86.0 Å². The number of benzene rings is 3. The van der Waals surface area contributed by atoms with Gasteiger partial charge in [0, 0.05) is 37.2 Å². The number of carbonyl (C=O) groups excluding carboxylic acids is 1. The number of thiocarbonyl (C=S) groups is 1. The maximum absolute atomic E-state index is 13.2. The van der Waals surface area contributed by atoms with E-state index >= 15 is 0 Å². The fourth-order valence-corrected chi connectivity index (χ4v) is 5.05. The fraction of sp³-hybridized carbons (Fsp3) is 0.226. The minimum absolute atomic E-state index is 0.140.